The van der Waals surface area contributed by atoms with Gasteiger partial charge in [-0.2, -0.15) is 0 Å². The number of hydrogen-bond donors (Lipinski definition) is 0. The van der Waals surface area contributed by atoms with Crippen LogP contribution in [0.4, 0.5) is 5.69 Å². The zero-order valence-electron chi connectivity index (χ0n) is 23.0. The summed E-state index contributed by atoms with van der Waals surface area (Å²) in [4.78, 5) is 25.9. The van der Waals surface area contributed by atoms with Crippen molar-refractivity contribution in [3.63, 3.8) is 0 Å². The van der Waals surface area contributed by atoms with E-state index in [2.05, 4.69) is 49.4 Å². The maximum Gasteiger partial charge on any atom is 0.302 e. The Hall–Kier alpha value is -3.64. The highest BCUT2D eigenvalue weighted by Gasteiger charge is 2.40. The molecule has 2 heterocycles. The molecular weight excluding hydrogens is 490 g/mol. The van der Waals surface area contributed by atoms with Crippen LogP contribution in [0.1, 0.15) is 76.1 Å². The van der Waals surface area contributed by atoms with E-state index in [9.17, 15) is 9.59 Å². The molecule has 1 amide bonds. The number of nitrogens with zero attached hydrogens (tertiary/aromatic N) is 1. The predicted molar refractivity (Wildman–Crippen MR) is 152 cm³/mol. The van der Waals surface area contributed by atoms with Gasteiger partial charge < -0.3 is 19.1 Å². The average Bonchev–Trinajstić information content (AvgIpc) is 2.92. The number of carbonyl (C=O) groups is 2. The SMILES string of the molecule is CCCCOc1cc(-c2ccc([C@H]3C[C@@H](OC(C)=O)C[C@@H](C)O3)cc2)ccc1[C@@H]1CC(=O)N1c1ccccc1. The standard InChI is InChI=1S/C33H37NO5/c1-4-5-17-37-32-19-26(15-16-29(32)30-21-33(36)34(30)27-9-7-6-8-10-27)24-11-13-25(14-12-24)31-20-28(39-23(3)35)18-22(2)38-31/h6-16,19,22,28,30-31H,4-5,17-18,20-21H2,1-3H3/t22-,28+,30+,31-/m1/s1. The summed E-state index contributed by atoms with van der Waals surface area (Å²) in [6.07, 6.45) is 3.66. The molecule has 2 aliphatic rings. The fourth-order valence-corrected chi connectivity index (χ4v) is 5.55. The number of para-hydroxylation sites is 1. The van der Waals surface area contributed by atoms with Crippen molar-refractivity contribution in [2.75, 3.05) is 11.5 Å². The van der Waals surface area contributed by atoms with Gasteiger partial charge in [0.25, 0.3) is 0 Å². The lowest BCUT2D eigenvalue weighted by Gasteiger charge is -2.41. The molecule has 0 N–H and O–H groups in total. The molecule has 6 nitrogen and oxygen atoms in total. The quantitative estimate of drug-likeness (QED) is 0.168. The third kappa shape index (κ3) is 6.17. The zero-order valence-corrected chi connectivity index (χ0v) is 23.0. The Labute approximate surface area is 230 Å². The maximum atomic E-state index is 12.6. The van der Waals surface area contributed by atoms with Crippen molar-refractivity contribution in [1.82, 2.24) is 0 Å². The summed E-state index contributed by atoms with van der Waals surface area (Å²) in [6, 6.07) is 24.5. The Morgan fingerprint density at radius 3 is 2.44 bits per heavy atom. The molecule has 204 valence electrons. The summed E-state index contributed by atoms with van der Waals surface area (Å²) in [5, 5.41) is 0. The first-order valence-corrected chi connectivity index (χ1v) is 14.0. The number of carbonyl (C=O) groups excluding carboxylic acids is 2. The lowest BCUT2D eigenvalue weighted by atomic mass is 9.90. The number of amides is 1. The molecule has 0 aliphatic carbocycles. The third-order valence-electron chi connectivity index (χ3n) is 7.53. The summed E-state index contributed by atoms with van der Waals surface area (Å²) in [5.41, 5.74) is 5.16. The van der Waals surface area contributed by atoms with Crippen LogP contribution in [0, 0.1) is 0 Å². The second kappa shape index (κ2) is 12.0. The van der Waals surface area contributed by atoms with Crippen LogP contribution in [-0.2, 0) is 19.1 Å². The second-order valence-electron chi connectivity index (χ2n) is 10.5. The van der Waals surface area contributed by atoms with Gasteiger partial charge in [-0.15, -0.1) is 0 Å². The summed E-state index contributed by atoms with van der Waals surface area (Å²) in [6.45, 7) is 6.26. The van der Waals surface area contributed by atoms with Crippen LogP contribution < -0.4 is 9.64 Å². The number of esters is 1. The van der Waals surface area contributed by atoms with Gasteiger partial charge in [0.1, 0.15) is 11.9 Å². The van der Waals surface area contributed by atoms with E-state index in [0.717, 1.165) is 53.0 Å². The number of rotatable bonds is 9. The third-order valence-corrected chi connectivity index (χ3v) is 7.53. The van der Waals surface area contributed by atoms with Crippen molar-refractivity contribution in [2.24, 2.45) is 0 Å². The lowest BCUT2D eigenvalue weighted by Crippen LogP contribution is -2.46. The van der Waals surface area contributed by atoms with Crippen LogP contribution in [0.5, 0.6) is 5.75 Å². The van der Waals surface area contributed by atoms with E-state index in [1.807, 2.05) is 42.2 Å². The average molecular weight is 528 g/mol. The number of benzene rings is 3. The molecule has 0 unspecified atom stereocenters. The topological polar surface area (TPSA) is 65.1 Å². The predicted octanol–water partition coefficient (Wildman–Crippen LogP) is 7.18. The number of β-lactam (4-membered cyclic amide) rings is 1. The van der Waals surface area contributed by atoms with Gasteiger partial charge in [0, 0.05) is 31.0 Å². The molecule has 2 fully saturated rings. The van der Waals surface area contributed by atoms with E-state index in [-0.39, 0.29) is 36.2 Å². The molecule has 4 atom stereocenters. The molecule has 0 bridgehead atoms. The molecule has 2 saturated heterocycles. The van der Waals surface area contributed by atoms with Gasteiger partial charge in [0.15, 0.2) is 0 Å². The van der Waals surface area contributed by atoms with E-state index in [1.54, 1.807) is 0 Å². The highest BCUT2D eigenvalue weighted by molar-refractivity contribution is 6.01. The highest BCUT2D eigenvalue weighted by Crippen LogP contribution is 2.43. The van der Waals surface area contributed by atoms with Gasteiger partial charge in [-0.3, -0.25) is 9.59 Å². The van der Waals surface area contributed by atoms with Gasteiger partial charge >= 0.3 is 5.97 Å². The normalized spacial score (nSPS) is 22.7. The van der Waals surface area contributed by atoms with Gasteiger partial charge in [-0.05, 0) is 48.2 Å². The Kier molecular flexibility index (Phi) is 8.32. The number of anilines is 1. The molecule has 0 spiro atoms. The fourth-order valence-electron chi connectivity index (χ4n) is 5.55. The summed E-state index contributed by atoms with van der Waals surface area (Å²) in [5.74, 6) is 0.708. The second-order valence-corrected chi connectivity index (χ2v) is 10.5. The van der Waals surface area contributed by atoms with Gasteiger partial charge in [0.05, 0.1) is 31.3 Å². The molecule has 3 aromatic carbocycles. The van der Waals surface area contributed by atoms with Gasteiger partial charge in [-0.1, -0.05) is 67.9 Å². The van der Waals surface area contributed by atoms with Crippen LogP contribution in [0.3, 0.4) is 0 Å². The Bertz CT molecular complexity index is 1290. The largest absolute Gasteiger partial charge is 0.493 e. The van der Waals surface area contributed by atoms with Crippen LogP contribution in [0.15, 0.2) is 72.8 Å². The van der Waals surface area contributed by atoms with Crippen molar-refractivity contribution < 1.29 is 23.8 Å². The summed E-state index contributed by atoms with van der Waals surface area (Å²) >= 11 is 0. The van der Waals surface area contributed by atoms with E-state index >= 15 is 0 Å². The molecule has 6 heteroatoms. The van der Waals surface area contributed by atoms with Gasteiger partial charge in [-0.25, -0.2) is 0 Å². The summed E-state index contributed by atoms with van der Waals surface area (Å²) in [7, 11) is 0. The minimum Gasteiger partial charge on any atom is -0.493 e. The number of unbranched alkanes of at least 4 members (excludes halogenated alkanes) is 1. The minimum absolute atomic E-state index is 0.0250. The van der Waals surface area contributed by atoms with E-state index < -0.39 is 0 Å². The maximum absolute atomic E-state index is 12.6. The van der Waals surface area contributed by atoms with E-state index in [1.165, 1.54) is 6.92 Å². The smallest absolute Gasteiger partial charge is 0.302 e. The van der Waals surface area contributed by atoms with E-state index in [0.29, 0.717) is 19.4 Å². The molecule has 3 aromatic rings. The number of hydrogen-bond acceptors (Lipinski definition) is 5. The first-order chi connectivity index (χ1) is 18.9. The summed E-state index contributed by atoms with van der Waals surface area (Å²) < 4.78 is 18.0. The van der Waals surface area contributed by atoms with Crippen molar-refractivity contribution in [1.29, 1.82) is 0 Å². The van der Waals surface area contributed by atoms with Crippen molar-refractivity contribution in [3.8, 4) is 16.9 Å². The van der Waals surface area contributed by atoms with E-state index in [4.69, 9.17) is 14.2 Å². The van der Waals surface area contributed by atoms with Crippen molar-refractivity contribution in [3.05, 3.63) is 83.9 Å². The minimum atomic E-state index is -0.248. The Morgan fingerprint density at radius 1 is 1.00 bits per heavy atom. The molecule has 0 radical (unpaired) electrons. The molecule has 0 saturated carbocycles. The highest BCUT2D eigenvalue weighted by atomic mass is 16.6. The van der Waals surface area contributed by atoms with Crippen LogP contribution in [0.2, 0.25) is 0 Å². The van der Waals surface area contributed by atoms with Gasteiger partial charge in [0.2, 0.25) is 5.91 Å². The molecule has 2 aliphatic heterocycles. The Morgan fingerprint density at radius 2 is 1.74 bits per heavy atom. The van der Waals surface area contributed by atoms with Crippen LogP contribution >= 0.6 is 0 Å². The van der Waals surface area contributed by atoms with Crippen LogP contribution in [-0.4, -0.2) is 30.7 Å². The lowest BCUT2D eigenvalue weighted by molar-refractivity contribution is -0.158. The fraction of sp³-hybridized carbons (Fsp3) is 0.394. The van der Waals surface area contributed by atoms with Crippen LogP contribution in [0.25, 0.3) is 11.1 Å². The first-order valence-electron chi connectivity index (χ1n) is 14.0. The molecular formula is C33H37NO5. The Balaban J connectivity index is 1.38. The molecule has 5 rings (SSSR count). The molecule has 0 aromatic heterocycles. The molecule has 39 heavy (non-hydrogen) atoms. The monoisotopic (exact) mass is 527 g/mol. The van der Waals surface area contributed by atoms with Crippen molar-refractivity contribution in [2.45, 2.75) is 77.2 Å². The zero-order chi connectivity index (χ0) is 27.4. The number of ether oxygens (including phenoxy) is 3. The first kappa shape index (κ1) is 26.9. The van der Waals surface area contributed by atoms with Crippen molar-refractivity contribution >= 4 is 17.6 Å².